The number of aromatic hydroxyl groups is 1. The molecule has 1 fully saturated rings. The van der Waals surface area contributed by atoms with Crippen LogP contribution in [-0.2, 0) is 11.3 Å². The van der Waals surface area contributed by atoms with E-state index in [1.807, 2.05) is 6.07 Å². The molecule has 0 aliphatic heterocycles. The minimum Gasteiger partial charge on any atom is -0.508 e. The quantitative estimate of drug-likeness (QED) is 0.851. The van der Waals surface area contributed by atoms with Gasteiger partial charge in [0.2, 0.25) is 5.91 Å². The van der Waals surface area contributed by atoms with E-state index in [1.165, 1.54) is 6.42 Å². The maximum absolute atomic E-state index is 12.2. The molecule has 0 unspecified atom stereocenters. The lowest BCUT2D eigenvalue weighted by Gasteiger charge is -2.41. The molecule has 19 heavy (non-hydrogen) atoms. The van der Waals surface area contributed by atoms with Crippen LogP contribution in [0.5, 0.6) is 5.75 Å². The van der Waals surface area contributed by atoms with Crippen molar-refractivity contribution >= 4 is 5.91 Å². The van der Waals surface area contributed by atoms with Gasteiger partial charge in [-0.25, -0.2) is 0 Å². The van der Waals surface area contributed by atoms with Crippen LogP contribution in [0, 0.1) is 5.41 Å². The minimum absolute atomic E-state index is 0.0458. The SMILES string of the molecule is CN(Cc1cccc(O)c1)C(=O)CC1(CN)CCC1. The van der Waals surface area contributed by atoms with Gasteiger partial charge in [-0.2, -0.15) is 0 Å². The maximum Gasteiger partial charge on any atom is 0.223 e. The molecule has 1 aliphatic rings. The fourth-order valence-electron chi connectivity index (χ4n) is 2.60. The maximum atomic E-state index is 12.2. The molecule has 3 N–H and O–H groups in total. The summed E-state index contributed by atoms with van der Waals surface area (Å²) < 4.78 is 0. The zero-order valence-electron chi connectivity index (χ0n) is 11.4. The second-order valence-corrected chi connectivity index (χ2v) is 5.65. The molecule has 1 aliphatic carbocycles. The highest BCUT2D eigenvalue weighted by Gasteiger charge is 2.38. The number of benzene rings is 1. The summed E-state index contributed by atoms with van der Waals surface area (Å²) in [7, 11) is 1.80. The largest absolute Gasteiger partial charge is 0.508 e. The van der Waals surface area contributed by atoms with E-state index in [2.05, 4.69) is 0 Å². The molecule has 0 atom stereocenters. The number of rotatable bonds is 5. The molecular formula is C15H22N2O2. The van der Waals surface area contributed by atoms with E-state index >= 15 is 0 Å². The van der Waals surface area contributed by atoms with Crippen molar-refractivity contribution in [1.82, 2.24) is 4.90 Å². The average Bonchev–Trinajstić information content (AvgIpc) is 2.33. The Bertz CT molecular complexity index is 450. The third-order valence-electron chi connectivity index (χ3n) is 4.13. The van der Waals surface area contributed by atoms with Gasteiger partial charge in [0.15, 0.2) is 0 Å². The summed E-state index contributed by atoms with van der Waals surface area (Å²) in [6.07, 6.45) is 3.85. The van der Waals surface area contributed by atoms with Crippen molar-refractivity contribution in [3.8, 4) is 5.75 Å². The summed E-state index contributed by atoms with van der Waals surface area (Å²) in [4.78, 5) is 13.9. The summed E-state index contributed by atoms with van der Waals surface area (Å²) in [5.74, 6) is 0.365. The summed E-state index contributed by atoms with van der Waals surface area (Å²) >= 11 is 0. The monoisotopic (exact) mass is 262 g/mol. The van der Waals surface area contributed by atoms with E-state index in [4.69, 9.17) is 5.73 Å². The van der Waals surface area contributed by atoms with Crippen LogP contribution < -0.4 is 5.73 Å². The lowest BCUT2D eigenvalue weighted by atomic mass is 9.66. The molecule has 1 aromatic carbocycles. The second kappa shape index (κ2) is 5.61. The number of hydrogen-bond acceptors (Lipinski definition) is 3. The lowest BCUT2D eigenvalue weighted by Crippen LogP contribution is -2.42. The molecular weight excluding hydrogens is 240 g/mol. The second-order valence-electron chi connectivity index (χ2n) is 5.65. The van der Waals surface area contributed by atoms with E-state index < -0.39 is 0 Å². The van der Waals surface area contributed by atoms with Crippen molar-refractivity contribution < 1.29 is 9.90 Å². The molecule has 4 heteroatoms. The topological polar surface area (TPSA) is 66.6 Å². The summed E-state index contributed by atoms with van der Waals surface area (Å²) in [6, 6.07) is 7.01. The van der Waals surface area contributed by atoms with Gasteiger partial charge in [0, 0.05) is 20.0 Å². The molecule has 0 heterocycles. The zero-order valence-corrected chi connectivity index (χ0v) is 11.4. The van der Waals surface area contributed by atoms with E-state index in [0.29, 0.717) is 19.5 Å². The van der Waals surface area contributed by atoms with Gasteiger partial charge in [0.1, 0.15) is 5.75 Å². The predicted molar refractivity (Wildman–Crippen MR) is 74.5 cm³/mol. The Morgan fingerprint density at radius 1 is 1.47 bits per heavy atom. The smallest absolute Gasteiger partial charge is 0.223 e. The first-order valence-electron chi connectivity index (χ1n) is 6.77. The number of phenols is 1. The molecule has 4 nitrogen and oxygen atoms in total. The van der Waals surface area contributed by atoms with Crippen LogP contribution in [0.4, 0.5) is 0 Å². The van der Waals surface area contributed by atoms with Crippen LogP contribution in [0.1, 0.15) is 31.2 Å². The Labute approximate surface area is 114 Å². The summed E-state index contributed by atoms with van der Waals surface area (Å²) in [5.41, 5.74) is 6.77. The first kappa shape index (κ1) is 13.9. The predicted octanol–water partition coefficient (Wildman–Crippen LogP) is 1.87. The first-order chi connectivity index (χ1) is 9.04. The van der Waals surface area contributed by atoms with Crippen molar-refractivity contribution in [2.45, 2.75) is 32.2 Å². The Kier molecular flexibility index (Phi) is 4.10. The Hall–Kier alpha value is -1.55. The lowest BCUT2D eigenvalue weighted by molar-refractivity contribution is -0.134. The van der Waals surface area contributed by atoms with Gasteiger partial charge in [-0.15, -0.1) is 0 Å². The molecule has 104 valence electrons. The number of nitrogens with zero attached hydrogens (tertiary/aromatic N) is 1. The van der Waals surface area contributed by atoms with Crippen molar-refractivity contribution in [3.05, 3.63) is 29.8 Å². The Balaban J connectivity index is 1.92. The van der Waals surface area contributed by atoms with Gasteiger partial charge in [-0.1, -0.05) is 18.6 Å². The molecule has 0 bridgehead atoms. The standard InChI is InChI=1S/C15H22N2O2/c1-17(10-12-4-2-5-13(18)8-12)14(19)9-15(11-16)6-3-7-15/h2,4-5,8,18H,3,6-7,9-11,16H2,1H3. The molecule has 1 aromatic rings. The van der Waals surface area contributed by atoms with E-state index in [9.17, 15) is 9.90 Å². The molecule has 0 spiro atoms. The normalized spacial score (nSPS) is 16.7. The van der Waals surface area contributed by atoms with Crippen LogP contribution in [0.25, 0.3) is 0 Å². The van der Waals surface area contributed by atoms with E-state index in [-0.39, 0.29) is 17.1 Å². The van der Waals surface area contributed by atoms with Crippen molar-refractivity contribution in [1.29, 1.82) is 0 Å². The average molecular weight is 262 g/mol. The van der Waals surface area contributed by atoms with Gasteiger partial charge in [0.05, 0.1) is 0 Å². The highest BCUT2D eigenvalue weighted by atomic mass is 16.3. The number of nitrogens with two attached hydrogens (primary N) is 1. The number of hydrogen-bond donors (Lipinski definition) is 2. The number of carbonyl (C=O) groups excluding carboxylic acids is 1. The van der Waals surface area contributed by atoms with Gasteiger partial charge >= 0.3 is 0 Å². The number of amides is 1. The first-order valence-corrected chi connectivity index (χ1v) is 6.77. The highest BCUT2D eigenvalue weighted by Crippen LogP contribution is 2.43. The van der Waals surface area contributed by atoms with Gasteiger partial charge in [-0.3, -0.25) is 4.79 Å². The third-order valence-corrected chi connectivity index (χ3v) is 4.13. The number of carbonyl (C=O) groups is 1. The highest BCUT2D eigenvalue weighted by molar-refractivity contribution is 5.76. The Morgan fingerprint density at radius 3 is 2.74 bits per heavy atom. The van der Waals surface area contributed by atoms with Gasteiger partial charge in [-0.05, 0) is 42.5 Å². The summed E-state index contributed by atoms with van der Waals surface area (Å²) in [6.45, 7) is 1.12. The molecule has 0 saturated heterocycles. The van der Waals surface area contributed by atoms with E-state index in [1.54, 1.807) is 30.1 Å². The van der Waals surface area contributed by atoms with Crippen molar-refractivity contribution in [3.63, 3.8) is 0 Å². The van der Waals surface area contributed by atoms with E-state index in [0.717, 1.165) is 18.4 Å². The fourth-order valence-corrected chi connectivity index (χ4v) is 2.60. The van der Waals surface area contributed by atoms with Crippen LogP contribution >= 0.6 is 0 Å². The molecule has 0 radical (unpaired) electrons. The van der Waals surface area contributed by atoms with Crippen LogP contribution in [-0.4, -0.2) is 29.5 Å². The Morgan fingerprint density at radius 2 is 2.21 bits per heavy atom. The molecule has 0 aromatic heterocycles. The van der Waals surface area contributed by atoms with Crippen LogP contribution in [0.15, 0.2) is 24.3 Å². The fraction of sp³-hybridized carbons (Fsp3) is 0.533. The zero-order chi connectivity index (χ0) is 13.9. The van der Waals surface area contributed by atoms with Gasteiger partial charge < -0.3 is 15.7 Å². The third kappa shape index (κ3) is 3.26. The van der Waals surface area contributed by atoms with Crippen molar-refractivity contribution in [2.24, 2.45) is 11.1 Å². The molecule has 2 rings (SSSR count). The van der Waals surface area contributed by atoms with Crippen LogP contribution in [0.3, 0.4) is 0 Å². The number of phenolic OH excluding ortho intramolecular Hbond substituents is 1. The van der Waals surface area contributed by atoms with Crippen LogP contribution in [0.2, 0.25) is 0 Å². The summed E-state index contributed by atoms with van der Waals surface area (Å²) in [5, 5.41) is 9.42. The van der Waals surface area contributed by atoms with Crippen molar-refractivity contribution in [2.75, 3.05) is 13.6 Å². The molecule has 1 amide bonds. The van der Waals surface area contributed by atoms with Gasteiger partial charge in [0.25, 0.3) is 0 Å². The molecule has 1 saturated carbocycles. The minimum atomic E-state index is 0.0458.